The number of rotatable bonds is 5. The molecule has 0 heterocycles. The molecule has 3 N–H and O–H groups in total. The number of hydrogen-bond donors (Lipinski definition) is 2. The number of oxime groups is 1. The lowest BCUT2D eigenvalue weighted by molar-refractivity contribution is 0.265. The highest BCUT2D eigenvalue weighted by atomic mass is 19.1. The third-order valence-corrected chi connectivity index (χ3v) is 3.31. The molecule has 1 aliphatic carbocycles. The molecular weight excluding hydrogens is 233 g/mol. The summed E-state index contributed by atoms with van der Waals surface area (Å²) in [6.45, 7) is 3.54. The molecule has 4 nitrogen and oxygen atoms in total. The number of hydrogen-bond acceptors (Lipinski definition) is 3. The first-order valence-corrected chi connectivity index (χ1v) is 6.16. The standard InChI is InChI=1S/C13H18FN3O/c1-2-17(10-6-7-10)8-9-4-3-5-11(12(9)14)13(15)16-18/h3-5,10,18H,2,6-8H2,1H3,(H2,15,16). The Morgan fingerprint density at radius 3 is 2.83 bits per heavy atom. The summed E-state index contributed by atoms with van der Waals surface area (Å²) in [6.07, 6.45) is 2.38. The molecule has 0 atom stereocenters. The summed E-state index contributed by atoms with van der Waals surface area (Å²) in [6, 6.07) is 5.57. The van der Waals surface area contributed by atoms with E-state index in [4.69, 9.17) is 10.9 Å². The lowest BCUT2D eigenvalue weighted by Gasteiger charge is -2.20. The Kier molecular flexibility index (Phi) is 3.81. The lowest BCUT2D eigenvalue weighted by Crippen LogP contribution is -2.26. The maximum atomic E-state index is 14.2. The van der Waals surface area contributed by atoms with Gasteiger partial charge in [-0.1, -0.05) is 24.2 Å². The fourth-order valence-electron chi connectivity index (χ4n) is 2.11. The minimum Gasteiger partial charge on any atom is -0.409 e. The maximum absolute atomic E-state index is 14.2. The molecule has 0 aromatic heterocycles. The SMILES string of the molecule is CCN(Cc1cccc(/C(N)=N/O)c1F)C1CC1. The zero-order valence-electron chi connectivity index (χ0n) is 10.4. The van der Waals surface area contributed by atoms with Crippen LogP contribution in [0.5, 0.6) is 0 Å². The highest BCUT2D eigenvalue weighted by Gasteiger charge is 2.28. The molecule has 1 aliphatic rings. The van der Waals surface area contributed by atoms with Gasteiger partial charge < -0.3 is 10.9 Å². The molecular formula is C13H18FN3O. The molecule has 0 spiro atoms. The monoisotopic (exact) mass is 251 g/mol. The van der Waals surface area contributed by atoms with Crippen molar-refractivity contribution in [1.82, 2.24) is 4.90 Å². The summed E-state index contributed by atoms with van der Waals surface area (Å²) in [5.41, 5.74) is 6.19. The van der Waals surface area contributed by atoms with Gasteiger partial charge in [0.1, 0.15) is 5.82 Å². The highest BCUT2D eigenvalue weighted by Crippen LogP contribution is 2.28. The molecule has 0 amide bonds. The zero-order valence-corrected chi connectivity index (χ0v) is 10.4. The normalized spacial score (nSPS) is 16.3. The predicted molar refractivity (Wildman–Crippen MR) is 68.0 cm³/mol. The van der Waals surface area contributed by atoms with E-state index < -0.39 is 5.82 Å². The van der Waals surface area contributed by atoms with Crippen LogP contribution in [-0.2, 0) is 6.54 Å². The van der Waals surface area contributed by atoms with Crippen LogP contribution in [0.2, 0.25) is 0 Å². The van der Waals surface area contributed by atoms with Gasteiger partial charge in [-0.15, -0.1) is 0 Å². The van der Waals surface area contributed by atoms with E-state index in [9.17, 15) is 4.39 Å². The molecule has 2 rings (SSSR count). The maximum Gasteiger partial charge on any atom is 0.173 e. The average molecular weight is 251 g/mol. The largest absolute Gasteiger partial charge is 0.409 e. The molecule has 0 saturated heterocycles. The predicted octanol–water partition coefficient (Wildman–Crippen LogP) is 1.90. The number of nitrogens with zero attached hydrogens (tertiary/aromatic N) is 2. The smallest absolute Gasteiger partial charge is 0.173 e. The molecule has 18 heavy (non-hydrogen) atoms. The lowest BCUT2D eigenvalue weighted by atomic mass is 10.1. The van der Waals surface area contributed by atoms with Gasteiger partial charge >= 0.3 is 0 Å². The van der Waals surface area contributed by atoms with Crippen LogP contribution in [-0.4, -0.2) is 28.5 Å². The third kappa shape index (κ3) is 2.61. The Balaban J connectivity index is 2.22. The molecule has 98 valence electrons. The van der Waals surface area contributed by atoms with Crippen LogP contribution in [0.25, 0.3) is 0 Å². The quantitative estimate of drug-likeness (QED) is 0.363. The summed E-state index contributed by atoms with van der Waals surface area (Å²) in [5, 5.41) is 11.5. The first-order chi connectivity index (χ1) is 8.67. The molecule has 0 radical (unpaired) electrons. The van der Waals surface area contributed by atoms with E-state index in [1.165, 1.54) is 18.9 Å². The Labute approximate surface area is 106 Å². The Hall–Kier alpha value is -1.62. The van der Waals surface area contributed by atoms with E-state index >= 15 is 0 Å². The van der Waals surface area contributed by atoms with Crippen LogP contribution in [0.4, 0.5) is 4.39 Å². The van der Waals surface area contributed by atoms with Crippen molar-refractivity contribution in [2.75, 3.05) is 6.54 Å². The van der Waals surface area contributed by atoms with Gasteiger partial charge in [0.25, 0.3) is 0 Å². The van der Waals surface area contributed by atoms with E-state index in [0.717, 1.165) is 6.54 Å². The second-order valence-corrected chi connectivity index (χ2v) is 4.56. The minimum absolute atomic E-state index is 0.154. The Morgan fingerprint density at radius 2 is 2.28 bits per heavy atom. The number of benzene rings is 1. The van der Waals surface area contributed by atoms with E-state index in [2.05, 4.69) is 17.0 Å². The van der Waals surface area contributed by atoms with E-state index in [0.29, 0.717) is 18.2 Å². The van der Waals surface area contributed by atoms with Crippen molar-refractivity contribution in [3.63, 3.8) is 0 Å². The molecule has 1 fully saturated rings. The summed E-state index contributed by atoms with van der Waals surface area (Å²) in [7, 11) is 0. The van der Waals surface area contributed by atoms with Crippen LogP contribution < -0.4 is 5.73 Å². The van der Waals surface area contributed by atoms with Crippen molar-refractivity contribution in [2.45, 2.75) is 32.4 Å². The van der Waals surface area contributed by atoms with Gasteiger partial charge in [-0.3, -0.25) is 4.90 Å². The summed E-state index contributed by atoms with van der Waals surface area (Å²) in [5.74, 6) is -0.587. The molecule has 0 bridgehead atoms. The minimum atomic E-state index is -0.396. The van der Waals surface area contributed by atoms with Crippen LogP contribution in [0.3, 0.4) is 0 Å². The van der Waals surface area contributed by atoms with Gasteiger partial charge in [0.05, 0.1) is 5.56 Å². The number of nitrogens with two attached hydrogens (primary N) is 1. The number of amidine groups is 1. The molecule has 1 aromatic rings. The van der Waals surface area contributed by atoms with Crippen LogP contribution in [0, 0.1) is 5.82 Å². The van der Waals surface area contributed by atoms with Crippen molar-refractivity contribution in [3.8, 4) is 0 Å². The van der Waals surface area contributed by atoms with Crippen molar-refractivity contribution in [3.05, 3.63) is 35.1 Å². The summed E-state index contributed by atoms with van der Waals surface area (Å²) >= 11 is 0. The van der Waals surface area contributed by atoms with Crippen molar-refractivity contribution >= 4 is 5.84 Å². The van der Waals surface area contributed by atoms with Gasteiger partial charge in [0.2, 0.25) is 0 Å². The third-order valence-electron chi connectivity index (χ3n) is 3.31. The van der Waals surface area contributed by atoms with Crippen molar-refractivity contribution < 1.29 is 9.60 Å². The second-order valence-electron chi connectivity index (χ2n) is 4.56. The van der Waals surface area contributed by atoms with E-state index in [1.54, 1.807) is 12.1 Å². The molecule has 0 unspecified atom stereocenters. The van der Waals surface area contributed by atoms with Crippen LogP contribution in [0.15, 0.2) is 23.4 Å². The van der Waals surface area contributed by atoms with Gasteiger partial charge in [0, 0.05) is 18.2 Å². The average Bonchev–Trinajstić information content (AvgIpc) is 3.21. The van der Waals surface area contributed by atoms with Crippen LogP contribution in [0.1, 0.15) is 30.9 Å². The molecule has 5 heteroatoms. The zero-order chi connectivity index (χ0) is 13.1. The first kappa shape index (κ1) is 12.8. The van der Waals surface area contributed by atoms with Crippen molar-refractivity contribution in [2.24, 2.45) is 10.9 Å². The Morgan fingerprint density at radius 1 is 1.56 bits per heavy atom. The first-order valence-electron chi connectivity index (χ1n) is 6.16. The summed E-state index contributed by atoms with van der Waals surface area (Å²) in [4.78, 5) is 2.24. The van der Waals surface area contributed by atoms with Gasteiger partial charge in [-0.25, -0.2) is 4.39 Å². The molecule has 1 aromatic carbocycles. The Bertz CT molecular complexity index is 458. The van der Waals surface area contributed by atoms with Gasteiger partial charge in [0.15, 0.2) is 5.84 Å². The second kappa shape index (κ2) is 5.35. The van der Waals surface area contributed by atoms with Crippen LogP contribution >= 0.6 is 0 Å². The summed E-state index contributed by atoms with van der Waals surface area (Å²) < 4.78 is 14.2. The highest BCUT2D eigenvalue weighted by molar-refractivity contribution is 5.97. The van der Waals surface area contributed by atoms with Gasteiger partial charge in [-0.2, -0.15) is 0 Å². The van der Waals surface area contributed by atoms with E-state index in [-0.39, 0.29) is 11.4 Å². The molecule has 1 saturated carbocycles. The number of halogens is 1. The van der Waals surface area contributed by atoms with Gasteiger partial charge in [-0.05, 0) is 25.5 Å². The van der Waals surface area contributed by atoms with E-state index in [1.807, 2.05) is 0 Å². The fourth-order valence-corrected chi connectivity index (χ4v) is 2.11. The fraction of sp³-hybridized carbons (Fsp3) is 0.462. The van der Waals surface area contributed by atoms with Crippen molar-refractivity contribution in [1.29, 1.82) is 0 Å². The molecule has 0 aliphatic heterocycles. The topological polar surface area (TPSA) is 61.8 Å².